The Kier molecular flexibility index (Phi) is 4.67. The smallest absolute Gasteiger partial charge is 0.224 e. The van der Waals surface area contributed by atoms with Crippen molar-refractivity contribution in [3.63, 3.8) is 0 Å². The zero-order chi connectivity index (χ0) is 14.5. The van der Waals surface area contributed by atoms with Gasteiger partial charge in [0.05, 0.1) is 0 Å². The highest BCUT2D eigenvalue weighted by Crippen LogP contribution is 2.18. The van der Waals surface area contributed by atoms with Crippen LogP contribution in [0.15, 0.2) is 0 Å². The van der Waals surface area contributed by atoms with Crippen LogP contribution < -0.4 is 11.1 Å². The van der Waals surface area contributed by atoms with Crippen LogP contribution in [0.4, 0.5) is 11.8 Å². The predicted molar refractivity (Wildman–Crippen MR) is 79.5 cm³/mol. The van der Waals surface area contributed by atoms with Crippen LogP contribution in [-0.4, -0.2) is 56.0 Å². The lowest BCUT2D eigenvalue weighted by Gasteiger charge is -2.18. The van der Waals surface area contributed by atoms with E-state index in [1.54, 1.807) is 4.68 Å². The first-order valence-corrected chi connectivity index (χ1v) is 7.02. The Morgan fingerprint density at radius 1 is 1.20 bits per heavy atom. The second-order valence-electron chi connectivity index (χ2n) is 4.46. The van der Waals surface area contributed by atoms with E-state index in [0.717, 1.165) is 26.2 Å². The number of hydrogen-bond acceptors (Lipinski definition) is 7. The lowest BCUT2D eigenvalue weighted by Crippen LogP contribution is -2.28. The molecule has 110 valence electrons. The number of rotatable bonds is 7. The summed E-state index contributed by atoms with van der Waals surface area (Å²) in [4.78, 5) is 10.7. The highest BCUT2D eigenvalue weighted by Gasteiger charge is 2.12. The van der Waals surface area contributed by atoms with Crippen LogP contribution in [0.2, 0.25) is 0 Å². The summed E-state index contributed by atoms with van der Waals surface area (Å²) in [6, 6.07) is 0. The van der Waals surface area contributed by atoms with E-state index in [-0.39, 0.29) is 5.95 Å². The molecular formula is C12H22N8. The second kappa shape index (κ2) is 6.47. The van der Waals surface area contributed by atoms with Gasteiger partial charge in [0.25, 0.3) is 0 Å². The number of aryl methyl sites for hydroxylation is 1. The lowest BCUT2D eigenvalue weighted by atomic mass is 10.4. The molecule has 2 rings (SSSR count). The fourth-order valence-corrected chi connectivity index (χ4v) is 2.08. The molecule has 3 N–H and O–H groups in total. The molecule has 20 heavy (non-hydrogen) atoms. The number of nitrogens with zero attached hydrogens (tertiary/aromatic N) is 6. The van der Waals surface area contributed by atoms with Gasteiger partial charge in [0.2, 0.25) is 5.95 Å². The molecule has 0 atom stereocenters. The van der Waals surface area contributed by atoms with E-state index in [2.05, 4.69) is 44.3 Å². The fourth-order valence-electron chi connectivity index (χ4n) is 2.08. The highest BCUT2D eigenvalue weighted by molar-refractivity contribution is 5.83. The molecule has 2 heterocycles. The third kappa shape index (κ3) is 2.96. The van der Waals surface area contributed by atoms with Crippen molar-refractivity contribution in [2.45, 2.75) is 27.3 Å². The normalized spacial score (nSPS) is 11.4. The van der Waals surface area contributed by atoms with Gasteiger partial charge in [-0.25, -0.2) is 4.68 Å². The Balaban J connectivity index is 2.15. The van der Waals surface area contributed by atoms with Crippen molar-refractivity contribution in [3.8, 4) is 0 Å². The van der Waals surface area contributed by atoms with Gasteiger partial charge in [0.15, 0.2) is 17.0 Å². The second-order valence-corrected chi connectivity index (χ2v) is 4.46. The SMILES string of the molecule is CCN(CC)CCNc1nc(N)nc2c1nnn2CC. The van der Waals surface area contributed by atoms with E-state index < -0.39 is 0 Å². The molecule has 0 bridgehead atoms. The fraction of sp³-hybridized carbons (Fsp3) is 0.667. The molecule has 0 spiro atoms. The van der Waals surface area contributed by atoms with Gasteiger partial charge >= 0.3 is 0 Å². The van der Waals surface area contributed by atoms with Crippen molar-refractivity contribution in [1.82, 2.24) is 29.9 Å². The maximum absolute atomic E-state index is 5.75. The third-order valence-corrected chi connectivity index (χ3v) is 3.29. The monoisotopic (exact) mass is 278 g/mol. The molecule has 2 aromatic rings. The topological polar surface area (TPSA) is 97.8 Å². The quantitative estimate of drug-likeness (QED) is 0.764. The summed E-state index contributed by atoms with van der Waals surface area (Å²) >= 11 is 0. The molecular weight excluding hydrogens is 256 g/mol. The van der Waals surface area contributed by atoms with Crippen LogP contribution in [0.5, 0.6) is 0 Å². The van der Waals surface area contributed by atoms with Crippen molar-refractivity contribution < 1.29 is 0 Å². The van der Waals surface area contributed by atoms with Crippen molar-refractivity contribution >= 4 is 22.9 Å². The molecule has 0 amide bonds. The molecule has 8 nitrogen and oxygen atoms in total. The van der Waals surface area contributed by atoms with Gasteiger partial charge in [-0.05, 0) is 20.0 Å². The third-order valence-electron chi connectivity index (χ3n) is 3.29. The van der Waals surface area contributed by atoms with Gasteiger partial charge in [0.1, 0.15) is 0 Å². The first-order valence-electron chi connectivity index (χ1n) is 7.02. The summed E-state index contributed by atoms with van der Waals surface area (Å²) < 4.78 is 1.71. The summed E-state index contributed by atoms with van der Waals surface area (Å²) in [5.74, 6) is 0.888. The Labute approximate surface area is 118 Å². The number of nitrogens with one attached hydrogen (secondary N) is 1. The van der Waals surface area contributed by atoms with E-state index in [1.165, 1.54) is 0 Å². The first kappa shape index (κ1) is 14.4. The highest BCUT2D eigenvalue weighted by atomic mass is 15.4. The Morgan fingerprint density at radius 2 is 1.95 bits per heavy atom. The van der Waals surface area contributed by atoms with Crippen LogP contribution in [0, 0.1) is 0 Å². The number of aromatic nitrogens is 5. The van der Waals surface area contributed by atoms with E-state index in [0.29, 0.717) is 23.5 Å². The molecule has 0 radical (unpaired) electrons. The number of likely N-dealkylation sites (N-methyl/N-ethyl adjacent to an activating group) is 1. The standard InChI is InChI=1S/C12H22N8/c1-4-19(5-2)8-7-14-10-9-11(16-12(13)15-10)20(6-3)18-17-9/h4-8H2,1-3H3,(H3,13,14,15,16). The zero-order valence-corrected chi connectivity index (χ0v) is 12.3. The zero-order valence-electron chi connectivity index (χ0n) is 12.3. The lowest BCUT2D eigenvalue weighted by molar-refractivity contribution is 0.316. The number of nitrogens with two attached hydrogens (primary N) is 1. The first-order chi connectivity index (χ1) is 9.69. The maximum atomic E-state index is 5.75. The molecule has 0 fully saturated rings. The maximum Gasteiger partial charge on any atom is 0.224 e. The molecule has 0 saturated carbocycles. The Morgan fingerprint density at radius 3 is 2.60 bits per heavy atom. The summed E-state index contributed by atoms with van der Waals surface area (Å²) in [5.41, 5.74) is 7.09. The molecule has 0 aliphatic carbocycles. The van der Waals surface area contributed by atoms with Gasteiger partial charge < -0.3 is 16.0 Å². The Hall–Kier alpha value is -1.96. The minimum atomic E-state index is 0.236. The summed E-state index contributed by atoms with van der Waals surface area (Å²) in [7, 11) is 0. The summed E-state index contributed by atoms with van der Waals surface area (Å²) in [5, 5.41) is 11.5. The van der Waals surface area contributed by atoms with Crippen LogP contribution in [0.3, 0.4) is 0 Å². The molecule has 0 unspecified atom stereocenters. The van der Waals surface area contributed by atoms with Crippen LogP contribution in [-0.2, 0) is 6.54 Å². The van der Waals surface area contributed by atoms with Gasteiger partial charge in [-0.2, -0.15) is 9.97 Å². The number of nitrogen functional groups attached to an aromatic ring is 1. The number of anilines is 2. The summed E-state index contributed by atoms with van der Waals surface area (Å²) in [6.07, 6.45) is 0. The Bertz CT molecular complexity index is 560. The van der Waals surface area contributed by atoms with E-state index in [9.17, 15) is 0 Å². The summed E-state index contributed by atoms with van der Waals surface area (Å²) in [6.45, 7) is 10.8. The van der Waals surface area contributed by atoms with Gasteiger partial charge in [0, 0.05) is 19.6 Å². The average molecular weight is 278 g/mol. The van der Waals surface area contributed by atoms with E-state index in [4.69, 9.17) is 5.73 Å². The van der Waals surface area contributed by atoms with Crippen molar-refractivity contribution in [2.24, 2.45) is 0 Å². The molecule has 0 aliphatic heterocycles. The van der Waals surface area contributed by atoms with Crippen LogP contribution in [0.25, 0.3) is 11.2 Å². The molecule has 0 saturated heterocycles. The van der Waals surface area contributed by atoms with Crippen LogP contribution >= 0.6 is 0 Å². The molecule has 8 heteroatoms. The van der Waals surface area contributed by atoms with Crippen molar-refractivity contribution in [2.75, 3.05) is 37.2 Å². The minimum Gasteiger partial charge on any atom is -0.368 e. The van der Waals surface area contributed by atoms with Crippen LogP contribution in [0.1, 0.15) is 20.8 Å². The predicted octanol–water partition coefficient (Wildman–Crippen LogP) is 0.577. The van der Waals surface area contributed by atoms with Gasteiger partial charge in [-0.15, -0.1) is 5.10 Å². The van der Waals surface area contributed by atoms with E-state index in [1.807, 2.05) is 6.92 Å². The van der Waals surface area contributed by atoms with Crippen molar-refractivity contribution in [3.05, 3.63) is 0 Å². The molecule has 2 aromatic heterocycles. The van der Waals surface area contributed by atoms with Crippen molar-refractivity contribution in [1.29, 1.82) is 0 Å². The number of fused-ring (bicyclic) bond motifs is 1. The number of hydrogen-bond donors (Lipinski definition) is 2. The molecule has 0 aliphatic rings. The largest absolute Gasteiger partial charge is 0.368 e. The minimum absolute atomic E-state index is 0.236. The molecule has 0 aromatic carbocycles. The van der Waals surface area contributed by atoms with E-state index >= 15 is 0 Å². The van der Waals surface area contributed by atoms with Gasteiger partial charge in [-0.1, -0.05) is 19.1 Å². The average Bonchev–Trinajstić information content (AvgIpc) is 2.86. The van der Waals surface area contributed by atoms with Gasteiger partial charge in [-0.3, -0.25) is 0 Å².